The molecule has 1 heterocycles. The summed E-state index contributed by atoms with van der Waals surface area (Å²) in [6, 6.07) is 5.37. The molecule has 5 heteroatoms. The molecule has 2 fully saturated rings. The van der Waals surface area contributed by atoms with E-state index in [1.54, 1.807) is 12.1 Å². The summed E-state index contributed by atoms with van der Waals surface area (Å²) in [5, 5.41) is 3.11. The van der Waals surface area contributed by atoms with Crippen molar-refractivity contribution in [1.82, 2.24) is 0 Å². The van der Waals surface area contributed by atoms with E-state index in [-0.39, 0.29) is 23.2 Å². The predicted molar refractivity (Wildman–Crippen MR) is 110 cm³/mol. The summed E-state index contributed by atoms with van der Waals surface area (Å²) in [6.07, 6.45) is 5.71. The number of carbonyl (C=O) groups excluding carboxylic acids is 2. The van der Waals surface area contributed by atoms with Gasteiger partial charge >= 0.3 is 0 Å². The zero-order chi connectivity index (χ0) is 19.8. The molecule has 1 saturated heterocycles. The molecule has 2 atom stereocenters. The van der Waals surface area contributed by atoms with Crippen molar-refractivity contribution in [3.8, 4) is 0 Å². The van der Waals surface area contributed by atoms with Gasteiger partial charge in [0.2, 0.25) is 11.8 Å². The third-order valence-corrected chi connectivity index (χ3v) is 5.94. The van der Waals surface area contributed by atoms with E-state index in [1.807, 2.05) is 6.07 Å². The fraction of sp³-hybridized carbons (Fsp3) is 0.545. The molecular formula is C22H31N3O2. The van der Waals surface area contributed by atoms with Crippen molar-refractivity contribution in [3.05, 3.63) is 35.4 Å². The Labute approximate surface area is 162 Å². The Morgan fingerprint density at radius 3 is 2.44 bits per heavy atom. The molecule has 1 aromatic rings. The van der Waals surface area contributed by atoms with E-state index in [9.17, 15) is 9.59 Å². The Balaban J connectivity index is 1.86. The van der Waals surface area contributed by atoms with Crippen molar-refractivity contribution < 1.29 is 9.59 Å². The van der Waals surface area contributed by atoms with Crippen LogP contribution in [0.4, 0.5) is 11.4 Å². The van der Waals surface area contributed by atoms with Crippen LogP contribution in [0, 0.1) is 17.3 Å². The molecule has 146 valence electrons. The van der Waals surface area contributed by atoms with Crippen LogP contribution >= 0.6 is 0 Å². The fourth-order valence-electron chi connectivity index (χ4n) is 4.26. The summed E-state index contributed by atoms with van der Waals surface area (Å²) in [5.41, 5.74) is 8.73. The van der Waals surface area contributed by atoms with E-state index in [2.05, 4.69) is 44.0 Å². The summed E-state index contributed by atoms with van der Waals surface area (Å²) >= 11 is 0. The standard InChI is InChI=1S/C22H31N3O2/c1-14(2)12-16-19(22(16,3)4)21(27)24-17-13-15(20(23)26)8-9-18(17)25-10-6-5-7-11-25/h8-9,12-13,16,19H,5-7,10-11H2,1-4H3,(H2,23,26)(H,24,27)/t16-,19+/m1/s1. The van der Waals surface area contributed by atoms with Crippen molar-refractivity contribution in [2.24, 2.45) is 23.0 Å². The maximum absolute atomic E-state index is 13.0. The minimum absolute atomic E-state index is 0.0161. The number of nitrogens with zero attached hydrogens (tertiary/aromatic N) is 1. The first kappa shape index (κ1) is 19.5. The molecular weight excluding hydrogens is 338 g/mol. The molecule has 0 radical (unpaired) electrons. The quantitative estimate of drug-likeness (QED) is 0.772. The number of nitrogens with two attached hydrogens (primary N) is 1. The number of hydrogen-bond acceptors (Lipinski definition) is 3. The largest absolute Gasteiger partial charge is 0.370 e. The normalized spacial score (nSPS) is 23.5. The van der Waals surface area contributed by atoms with Gasteiger partial charge in [0.15, 0.2) is 0 Å². The second kappa shape index (κ2) is 7.37. The maximum atomic E-state index is 13.0. The highest BCUT2D eigenvalue weighted by molar-refractivity contribution is 6.01. The minimum atomic E-state index is -0.482. The zero-order valence-electron chi connectivity index (χ0n) is 16.8. The van der Waals surface area contributed by atoms with Gasteiger partial charge in [-0.25, -0.2) is 0 Å². The molecule has 0 spiro atoms. The Bertz CT molecular complexity index is 772. The second-order valence-corrected chi connectivity index (χ2v) is 8.70. The SMILES string of the molecule is CC(C)=C[C@@H]1[C@@H](C(=O)Nc2cc(C(N)=O)ccc2N2CCCCC2)C1(C)C. The fourth-order valence-corrected chi connectivity index (χ4v) is 4.26. The van der Waals surface area contributed by atoms with Gasteiger partial charge in [-0.15, -0.1) is 0 Å². The number of anilines is 2. The number of allylic oxidation sites excluding steroid dienone is 2. The van der Waals surface area contributed by atoms with Gasteiger partial charge in [0, 0.05) is 18.7 Å². The molecule has 27 heavy (non-hydrogen) atoms. The number of carbonyl (C=O) groups is 2. The Morgan fingerprint density at radius 1 is 1.19 bits per heavy atom. The monoisotopic (exact) mass is 369 g/mol. The van der Waals surface area contributed by atoms with Crippen LogP contribution in [0.3, 0.4) is 0 Å². The van der Waals surface area contributed by atoms with E-state index in [0.29, 0.717) is 11.3 Å². The van der Waals surface area contributed by atoms with Crippen molar-refractivity contribution in [2.75, 3.05) is 23.3 Å². The van der Waals surface area contributed by atoms with Crippen molar-refractivity contribution in [2.45, 2.75) is 47.0 Å². The van der Waals surface area contributed by atoms with Crippen molar-refractivity contribution in [1.29, 1.82) is 0 Å². The van der Waals surface area contributed by atoms with Crippen LogP contribution in [-0.4, -0.2) is 24.9 Å². The predicted octanol–water partition coefficient (Wildman–Crippen LogP) is 3.95. The average Bonchev–Trinajstić information content (AvgIpc) is 3.15. The third kappa shape index (κ3) is 4.02. The first-order valence-corrected chi connectivity index (χ1v) is 9.86. The van der Waals surface area contributed by atoms with E-state index in [1.165, 1.54) is 12.0 Å². The number of amides is 2. The van der Waals surface area contributed by atoms with Crippen LogP contribution in [0.25, 0.3) is 0 Å². The molecule has 3 rings (SSSR count). The van der Waals surface area contributed by atoms with Gasteiger partial charge in [-0.3, -0.25) is 9.59 Å². The van der Waals surface area contributed by atoms with Crippen LogP contribution in [0.2, 0.25) is 0 Å². The third-order valence-electron chi connectivity index (χ3n) is 5.94. The molecule has 1 aromatic carbocycles. The van der Waals surface area contributed by atoms with Gasteiger partial charge in [-0.05, 0) is 62.6 Å². The van der Waals surface area contributed by atoms with Crippen LogP contribution in [-0.2, 0) is 4.79 Å². The van der Waals surface area contributed by atoms with E-state index in [4.69, 9.17) is 5.73 Å². The van der Waals surface area contributed by atoms with E-state index in [0.717, 1.165) is 31.6 Å². The van der Waals surface area contributed by atoms with Crippen molar-refractivity contribution >= 4 is 23.2 Å². The number of nitrogens with one attached hydrogen (secondary N) is 1. The average molecular weight is 370 g/mol. The maximum Gasteiger partial charge on any atom is 0.248 e. The van der Waals surface area contributed by atoms with E-state index >= 15 is 0 Å². The van der Waals surface area contributed by atoms with Gasteiger partial charge in [0.25, 0.3) is 0 Å². The number of rotatable bonds is 5. The smallest absolute Gasteiger partial charge is 0.248 e. The van der Waals surface area contributed by atoms with Crippen LogP contribution < -0.4 is 16.0 Å². The van der Waals surface area contributed by atoms with Crippen LogP contribution in [0.15, 0.2) is 29.8 Å². The first-order valence-electron chi connectivity index (χ1n) is 9.86. The van der Waals surface area contributed by atoms with E-state index < -0.39 is 5.91 Å². The molecule has 1 saturated carbocycles. The molecule has 2 amide bonds. The first-order chi connectivity index (χ1) is 12.7. The Morgan fingerprint density at radius 2 is 1.85 bits per heavy atom. The number of piperidine rings is 1. The summed E-state index contributed by atoms with van der Waals surface area (Å²) < 4.78 is 0. The highest BCUT2D eigenvalue weighted by Crippen LogP contribution is 2.59. The molecule has 2 aliphatic rings. The number of benzene rings is 1. The molecule has 3 N–H and O–H groups in total. The lowest BCUT2D eigenvalue weighted by atomic mass is 10.1. The lowest BCUT2D eigenvalue weighted by molar-refractivity contribution is -0.118. The van der Waals surface area contributed by atoms with Gasteiger partial charge < -0.3 is 16.0 Å². The second-order valence-electron chi connectivity index (χ2n) is 8.70. The summed E-state index contributed by atoms with van der Waals surface area (Å²) in [4.78, 5) is 26.9. The highest BCUT2D eigenvalue weighted by Gasteiger charge is 2.60. The molecule has 0 bridgehead atoms. The molecule has 0 aromatic heterocycles. The summed E-state index contributed by atoms with van der Waals surface area (Å²) in [5.74, 6) is -0.272. The number of hydrogen-bond donors (Lipinski definition) is 2. The zero-order valence-corrected chi connectivity index (χ0v) is 16.8. The van der Waals surface area contributed by atoms with Gasteiger partial charge in [-0.2, -0.15) is 0 Å². The summed E-state index contributed by atoms with van der Waals surface area (Å²) in [6.45, 7) is 10.3. The lowest BCUT2D eigenvalue weighted by Gasteiger charge is -2.30. The Kier molecular flexibility index (Phi) is 5.31. The van der Waals surface area contributed by atoms with Crippen LogP contribution in [0.5, 0.6) is 0 Å². The van der Waals surface area contributed by atoms with Crippen LogP contribution in [0.1, 0.15) is 57.3 Å². The molecule has 1 aliphatic carbocycles. The van der Waals surface area contributed by atoms with Crippen molar-refractivity contribution in [3.63, 3.8) is 0 Å². The lowest BCUT2D eigenvalue weighted by Crippen LogP contribution is -2.31. The minimum Gasteiger partial charge on any atom is -0.370 e. The molecule has 1 aliphatic heterocycles. The molecule has 0 unspecified atom stereocenters. The van der Waals surface area contributed by atoms with Gasteiger partial charge in [0.05, 0.1) is 17.3 Å². The molecule has 5 nitrogen and oxygen atoms in total. The topological polar surface area (TPSA) is 75.4 Å². The highest BCUT2D eigenvalue weighted by atomic mass is 16.2. The Hall–Kier alpha value is -2.30. The summed E-state index contributed by atoms with van der Waals surface area (Å²) in [7, 11) is 0. The van der Waals surface area contributed by atoms with Gasteiger partial charge in [0.1, 0.15) is 0 Å². The number of primary amides is 1. The van der Waals surface area contributed by atoms with Gasteiger partial charge in [-0.1, -0.05) is 25.5 Å².